The quantitative estimate of drug-likeness (QED) is 0.750. The van der Waals surface area contributed by atoms with Gasteiger partial charge in [0.15, 0.2) is 0 Å². The summed E-state index contributed by atoms with van der Waals surface area (Å²) in [5.41, 5.74) is 0.822. The zero-order chi connectivity index (χ0) is 10.6. The molecule has 0 atom stereocenters. The molecular formula is C10H10ClNO2. The van der Waals surface area contributed by atoms with Crippen molar-refractivity contribution in [2.45, 2.75) is 6.54 Å². The van der Waals surface area contributed by atoms with Crippen LogP contribution in [0.2, 0.25) is 5.02 Å². The van der Waals surface area contributed by atoms with Crippen LogP contribution in [0, 0.1) is 0 Å². The predicted octanol–water partition coefficient (Wildman–Crippen LogP) is 1.85. The molecule has 4 heteroatoms. The van der Waals surface area contributed by atoms with E-state index < -0.39 is 0 Å². The lowest BCUT2D eigenvalue weighted by molar-refractivity contribution is -0.116. The van der Waals surface area contributed by atoms with Crippen LogP contribution in [-0.2, 0) is 11.3 Å². The average molecular weight is 212 g/mol. The van der Waals surface area contributed by atoms with E-state index >= 15 is 0 Å². The number of carbonyl (C=O) groups is 1. The minimum absolute atomic E-state index is 0.0328. The Balaban J connectivity index is 2.64. The number of phenols is 1. The molecule has 2 N–H and O–H groups in total. The number of hydrogen-bond donors (Lipinski definition) is 2. The molecule has 3 nitrogen and oxygen atoms in total. The van der Waals surface area contributed by atoms with Gasteiger partial charge in [0, 0.05) is 6.54 Å². The fourth-order valence-corrected chi connectivity index (χ4v) is 1.12. The third kappa shape index (κ3) is 2.78. The number of benzene rings is 1. The Morgan fingerprint density at radius 1 is 1.64 bits per heavy atom. The summed E-state index contributed by atoms with van der Waals surface area (Å²) in [5, 5.41) is 12.0. The van der Waals surface area contributed by atoms with Crippen molar-refractivity contribution in [2.24, 2.45) is 0 Å². The molecule has 0 fully saturated rings. The Morgan fingerprint density at radius 3 is 2.93 bits per heavy atom. The number of rotatable bonds is 3. The fraction of sp³-hybridized carbons (Fsp3) is 0.100. The van der Waals surface area contributed by atoms with Crippen molar-refractivity contribution in [3.05, 3.63) is 41.4 Å². The highest BCUT2D eigenvalue weighted by Crippen LogP contribution is 2.23. The maximum Gasteiger partial charge on any atom is 0.243 e. The second-order valence-electron chi connectivity index (χ2n) is 2.71. The molecule has 1 amide bonds. The Kier molecular flexibility index (Phi) is 3.54. The van der Waals surface area contributed by atoms with Crippen LogP contribution in [0.1, 0.15) is 5.56 Å². The molecule has 1 aromatic rings. The molecule has 1 aromatic carbocycles. The summed E-state index contributed by atoms with van der Waals surface area (Å²) < 4.78 is 0. The minimum atomic E-state index is -0.241. The van der Waals surface area contributed by atoms with E-state index in [1.807, 2.05) is 0 Å². The number of amides is 1. The van der Waals surface area contributed by atoms with Crippen LogP contribution < -0.4 is 5.32 Å². The summed E-state index contributed by atoms with van der Waals surface area (Å²) in [4.78, 5) is 10.8. The average Bonchev–Trinajstić information content (AvgIpc) is 2.19. The van der Waals surface area contributed by atoms with Crippen molar-refractivity contribution in [2.75, 3.05) is 0 Å². The SMILES string of the molecule is C=CC(=O)NCc1ccc(O)c(Cl)c1. The van der Waals surface area contributed by atoms with Gasteiger partial charge in [-0.3, -0.25) is 4.79 Å². The second kappa shape index (κ2) is 4.67. The van der Waals surface area contributed by atoms with Gasteiger partial charge in [-0.2, -0.15) is 0 Å². The van der Waals surface area contributed by atoms with Crippen molar-refractivity contribution < 1.29 is 9.90 Å². The highest BCUT2D eigenvalue weighted by atomic mass is 35.5. The molecule has 0 spiro atoms. The molecule has 0 aliphatic carbocycles. The van der Waals surface area contributed by atoms with Crippen LogP contribution in [0.15, 0.2) is 30.9 Å². The highest BCUT2D eigenvalue weighted by molar-refractivity contribution is 6.32. The summed E-state index contributed by atoms with van der Waals surface area (Å²) >= 11 is 5.68. The highest BCUT2D eigenvalue weighted by Gasteiger charge is 2.00. The molecule has 0 bridgehead atoms. The van der Waals surface area contributed by atoms with Gasteiger partial charge < -0.3 is 10.4 Å². The first-order valence-corrected chi connectivity index (χ1v) is 4.39. The van der Waals surface area contributed by atoms with Crippen molar-refractivity contribution in [1.82, 2.24) is 5.32 Å². The van der Waals surface area contributed by atoms with E-state index in [1.54, 1.807) is 12.1 Å². The summed E-state index contributed by atoms with van der Waals surface area (Å²) in [6.45, 7) is 3.69. The van der Waals surface area contributed by atoms with E-state index in [2.05, 4.69) is 11.9 Å². The van der Waals surface area contributed by atoms with Crippen LogP contribution in [0.5, 0.6) is 5.75 Å². The van der Waals surface area contributed by atoms with E-state index in [0.717, 1.165) is 5.56 Å². The summed E-state index contributed by atoms with van der Waals surface area (Å²) in [7, 11) is 0. The first-order chi connectivity index (χ1) is 6.63. The third-order valence-electron chi connectivity index (χ3n) is 1.66. The number of hydrogen-bond acceptors (Lipinski definition) is 2. The van der Waals surface area contributed by atoms with Crippen molar-refractivity contribution in [3.8, 4) is 5.75 Å². The van der Waals surface area contributed by atoms with E-state index in [0.29, 0.717) is 6.54 Å². The number of phenolic OH excluding ortho intramolecular Hbond substituents is 1. The van der Waals surface area contributed by atoms with E-state index in [-0.39, 0.29) is 16.7 Å². The largest absolute Gasteiger partial charge is 0.506 e. The van der Waals surface area contributed by atoms with Gasteiger partial charge in [0.1, 0.15) is 5.75 Å². The van der Waals surface area contributed by atoms with Gasteiger partial charge in [0.2, 0.25) is 5.91 Å². The summed E-state index contributed by atoms with van der Waals surface area (Å²) in [6, 6.07) is 4.77. The molecule has 0 heterocycles. The number of carbonyl (C=O) groups excluding carboxylic acids is 1. The first-order valence-electron chi connectivity index (χ1n) is 4.01. The lowest BCUT2D eigenvalue weighted by Crippen LogP contribution is -2.19. The Labute approximate surface area is 87.0 Å². The smallest absolute Gasteiger partial charge is 0.243 e. The van der Waals surface area contributed by atoms with Gasteiger partial charge in [-0.15, -0.1) is 0 Å². The van der Waals surface area contributed by atoms with Crippen molar-refractivity contribution in [3.63, 3.8) is 0 Å². The van der Waals surface area contributed by atoms with Crippen LogP contribution in [-0.4, -0.2) is 11.0 Å². The zero-order valence-electron chi connectivity index (χ0n) is 7.46. The van der Waals surface area contributed by atoms with Gasteiger partial charge in [0.25, 0.3) is 0 Å². The van der Waals surface area contributed by atoms with Gasteiger partial charge in [-0.1, -0.05) is 24.2 Å². The molecule has 0 radical (unpaired) electrons. The Bertz CT molecular complexity index is 363. The molecular weight excluding hydrogens is 202 g/mol. The van der Waals surface area contributed by atoms with Crippen molar-refractivity contribution >= 4 is 17.5 Å². The van der Waals surface area contributed by atoms with Crippen LogP contribution in [0.3, 0.4) is 0 Å². The van der Waals surface area contributed by atoms with E-state index in [9.17, 15) is 4.79 Å². The predicted molar refractivity (Wildman–Crippen MR) is 55.2 cm³/mol. The van der Waals surface area contributed by atoms with Crippen LogP contribution in [0.25, 0.3) is 0 Å². The molecule has 0 aliphatic rings. The van der Waals surface area contributed by atoms with Crippen molar-refractivity contribution in [1.29, 1.82) is 0 Å². The summed E-state index contributed by atoms with van der Waals surface area (Å²) in [6.07, 6.45) is 1.20. The molecule has 1 rings (SSSR count). The Morgan fingerprint density at radius 2 is 2.36 bits per heavy atom. The first kappa shape index (κ1) is 10.6. The monoisotopic (exact) mass is 211 g/mol. The molecule has 0 saturated heterocycles. The van der Waals surface area contributed by atoms with Gasteiger partial charge in [-0.05, 0) is 23.8 Å². The Hall–Kier alpha value is -1.48. The van der Waals surface area contributed by atoms with Gasteiger partial charge in [0.05, 0.1) is 5.02 Å². The third-order valence-corrected chi connectivity index (χ3v) is 1.97. The maximum absolute atomic E-state index is 10.8. The standard InChI is InChI=1S/C10H10ClNO2/c1-2-10(14)12-6-7-3-4-9(13)8(11)5-7/h2-5,13H,1,6H2,(H,12,14). The molecule has 74 valence electrons. The number of nitrogens with one attached hydrogen (secondary N) is 1. The minimum Gasteiger partial charge on any atom is -0.506 e. The molecule has 14 heavy (non-hydrogen) atoms. The number of aromatic hydroxyl groups is 1. The second-order valence-corrected chi connectivity index (χ2v) is 3.11. The van der Waals surface area contributed by atoms with Crippen LogP contribution in [0.4, 0.5) is 0 Å². The van der Waals surface area contributed by atoms with Crippen LogP contribution >= 0.6 is 11.6 Å². The number of halogens is 1. The lowest BCUT2D eigenvalue weighted by Gasteiger charge is -2.03. The molecule has 0 aromatic heterocycles. The maximum atomic E-state index is 10.8. The fourth-order valence-electron chi connectivity index (χ4n) is 0.922. The summed E-state index contributed by atoms with van der Waals surface area (Å²) in [5.74, 6) is -0.209. The topological polar surface area (TPSA) is 49.3 Å². The lowest BCUT2D eigenvalue weighted by atomic mass is 10.2. The van der Waals surface area contributed by atoms with E-state index in [1.165, 1.54) is 12.1 Å². The van der Waals surface area contributed by atoms with E-state index in [4.69, 9.17) is 16.7 Å². The van der Waals surface area contributed by atoms with Gasteiger partial charge in [-0.25, -0.2) is 0 Å². The zero-order valence-corrected chi connectivity index (χ0v) is 8.21. The van der Waals surface area contributed by atoms with Gasteiger partial charge >= 0.3 is 0 Å². The molecule has 0 aliphatic heterocycles. The molecule has 0 saturated carbocycles. The normalized spacial score (nSPS) is 9.50. The molecule has 0 unspecified atom stereocenters.